The molecule has 51 heavy (non-hydrogen) atoms. The molecule has 0 saturated carbocycles. The Morgan fingerprint density at radius 1 is 0.373 bits per heavy atom. The lowest BCUT2D eigenvalue weighted by atomic mass is 9.94. The van der Waals surface area contributed by atoms with Crippen molar-refractivity contribution in [1.29, 1.82) is 0 Å². The lowest BCUT2D eigenvalue weighted by molar-refractivity contribution is 1.07. The normalized spacial score (nSPS) is 10.9. The predicted octanol–water partition coefficient (Wildman–Crippen LogP) is 11.1. The number of rotatable bonds is 9. The second-order valence-corrected chi connectivity index (χ2v) is 12.3. The highest BCUT2D eigenvalue weighted by atomic mass is 15.0. The molecular formula is C46H33N5. The van der Waals surface area contributed by atoms with Crippen LogP contribution in [0.5, 0.6) is 0 Å². The first-order chi connectivity index (χ1) is 25.2. The van der Waals surface area contributed by atoms with Gasteiger partial charge < -0.3 is 0 Å². The van der Waals surface area contributed by atoms with Gasteiger partial charge in [0.05, 0.1) is 0 Å². The van der Waals surface area contributed by atoms with Gasteiger partial charge in [-0.2, -0.15) is 0 Å². The van der Waals surface area contributed by atoms with E-state index in [-0.39, 0.29) is 0 Å². The summed E-state index contributed by atoms with van der Waals surface area (Å²) < 4.78 is 0. The molecule has 0 unspecified atom stereocenters. The molecule has 0 spiro atoms. The maximum Gasteiger partial charge on any atom is 0.165 e. The molecule has 0 aliphatic heterocycles. The summed E-state index contributed by atoms with van der Waals surface area (Å²) in [5.74, 6) is 1.71. The molecule has 3 heterocycles. The minimum Gasteiger partial charge on any atom is -0.264 e. The molecule has 3 aromatic heterocycles. The van der Waals surface area contributed by atoms with Crippen molar-refractivity contribution in [2.24, 2.45) is 0 Å². The van der Waals surface area contributed by atoms with E-state index in [0.29, 0.717) is 17.5 Å². The standard InChI is InChI=1S/C46H33N5/c1-2-9-32-20-22-33(23-21-32)34-10-3-11-35(26-34)36-12-4-13-37(27-36)38-14-5-15-39(28-38)40-16-6-17-41(29-40)44-49-45(42-18-7-24-47-30-42)51-46(50-44)43-19-8-25-48-31-43/h2-8,10-31H,1,9H2. The first-order valence-electron chi connectivity index (χ1n) is 16.9. The van der Waals surface area contributed by atoms with Gasteiger partial charge in [-0.25, -0.2) is 15.0 Å². The molecule has 5 nitrogen and oxygen atoms in total. The summed E-state index contributed by atoms with van der Waals surface area (Å²) in [5, 5.41) is 0. The first-order valence-corrected chi connectivity index (χ1v) is 16.9. The monoisotopic (exact) mass is 655 g/mol. The molecule has 0 bridgehead atoms. The Balaban J connectivity index is 1.11. The third kappa shape index (κ3) is 7.00. The van der Waals surface area contributed by atoms with Crippen LogP contribution in [0.2, 0.25) is 0 Å². The van der Waals surface area contributed by atoms with Gasteiger partial charge in [0.2, 0.25) is 0 Å². The zero-order valence-electron chi connectivity index (χ0n) is 27.9. The molecule has 0 amide bonds. The summed E-state index contributed by atoms with van der Waals surface area (Å²) >= 11 is 0. The fourth-order valence-corrected chi connectivity index (χ4v) is 6.23. The van der Waals surface area contributed by atoms with Crippen LogP contribution in [0.4, 0.5) is 0 Å². The SMILES string of the molecule is C=CCc1ccc(-c2cccc(-c3cccc(-c4cccc(-c5cccc(-c6nc(-c7cccnc7)nc(-c7cccnc7)n6)c5)c4)c3)c2)cc1. The topological polar surface area (TPSA) is 64.5 Å². The zero-order chi connectivity index (χ0) is 34.4. The van der Waals surface area contributed by atoms with Crippen molar-refractivity contribution >= 4 is 0 Å². The molecule has 0 aliphatic carbocycles. The largest absolute Gasteiger partial charge is 0.264 e. The summed E-state index contributed by atoms with van der Waals surface area (Å²) in [5.41, 5.74) is 13.0. The van der Waals surface area contributed by atoms with Crippen LogP contribution in [0, 0.1) is 0 Å². The summed E-state index contributed by atoms with van der Waals surface area (Å²) in [6, 6.07) is 50.9. The van der Waals surface area contributed by atoms with Gasteiger partial charge in [-0.15, -0.1) is 6.58 Å². The fourth-order valence-electron chi connectivity index (χ4n) is 6.23. The van der Waals surface area contributed by atoms with Crippen LogP contribution in [-0.4, -0.2) is 24.9 Å². The number of hydrogen-bond acceptors (Lipinski definition) is 5. The summed E-state index contributed by atoms with van der Waals surface area (Å²) in [4.78, 5) is 23.1. The Morgan fingerprint density at radius 3 is 1.12 bits per heavy atom. The molecule has 0 saturated heterocycles. The van der Waals surface area contributed by atoms with Crippen LogP contribution in [0.15, 0.2) is 183 Å². The van der Waals surface area contributed by atoms with Crippen molar-refractivity contribution in [2.45, 2.75) is 6.42 Å². The Bertz CT molecular complexity index is 2400. The van der Waals surface area contributed by atoms with Gasteiger partial charge in [0, 0.05) is 41.5 Å². The molecule has 5 heteroatoms. The number of allylic oxidation sites excluding steroid dienone is 1. The van der Waals surface area contributed by atoms with Gasteiger partial charge in [0.25, 0.3) is 0 Å². The highest BCUT2D eigenvalue weighted by molar-refractivity contribution is 5.80. The number of nitrogens with zero attached hydrogens (tertiary/aromatic N) is 5. The van der Waals surface area contributed by atoms with E-state index in [0.717, 1.165) is 45.4 Å². The van der Waals surface area contributed by atoms with Crippen molar-refractivity contribution in [1.82, 2.24) is 24.9 Å². The average Bonchev–Trinajstić information content (AvgIpc) is 3.22. The number of aromatic nitrogens is 5. The van der Waals surface area contributed by atoms with Gasteiger partial charge in [-0.3, -0.25) is 9.97 Å². The molecule has 0 N–H and O–H groups in total. The zero-order valence-corrected chi connectivity index (χ0v) is 27.9. The fraction of sp³-hybridized carbons (Fsp3) is 0.0217. The smallest absolute Gasteiger partial charge is 0.165 e. The van der Waals surface area contributed by atoms with Crippen molar-refractivity contribution in [2.75, 3.05) is 0 Å². The number of benzene rings is 5. The Morgan fingerprint density at radius 2 is 0.725 bits per heavy atom. The van der Waals surface area contributed by atoms with Gasteiger partial charge >= 0.3 is 0 Å². The highest BCUT2D eigenvalue weighted by Crippen LogP contribution is 2.33. The van der Waals surface area contributed by atoms with Gasteiger partial charge in [-0.05, 0) is 105 Å². The molecule has 8 aromatic rings. The van der Waals surface area contributed by atoms with E-state index in [1.807, 2.05) is 36.4 Å². The third-order valence-corrected chi connectivity index (χ3v) is 8.85. The molecule has 8 rings (SSSR count). The second kappa shape index (κ2) is 14.3. The molecular weight excluding hydrogens is 623 g/mol. The summed E-state index contributed by atoms with van der Waals surface area (Å²) in [6.45, 7) is 3.86. The van der Waals surface area contributed by atoms with Crippen LogP contribution >= 0.6 is 0 Å². The number of pyridine rings is 2. The summed E-state index contributed by atoms with van der Waals surface area (Å²) in [7, 11) is 0. The molecule has 0 radical (unpaired) electrons. The van der Waals surface area contributed by atoms with E-state index >= 15 is 0 Å². The third-order valence-electron chi connectivity index (χ3n) is 8.85. The Labute approximate surface area is 297 Å². The van der Waals surface area contributed by atoms with Gasteiger partial charge in [0.1, 0.15) is 0 Å². The van der Waals surface area contributed by atoms with Crippen molar-refractivity contribution < 1.29 is 0 Å². The minimum absolute atomic E-state index is 0.561. The van der Waals surface area contributed by atoms with Crippen molar-refractivity contribution in [3.63, 3.8) is 0 Å². The van der Waals surface area contributed by atoms with Crippen LogP contribution in [0.25, 0.3) is 78.7 Å². The Hall–Kier alpha value is -6.85. The number of hydrogen-bond donors (Lipinski definition) is 0. The quantitative estimate of drug-likeness (QED) is 0.145. The van der Waals surface area contributed by atoms with E-state index in [9.17, 15) is 0 Å². The van der Waals surface area contributed by atoms with Crippen LogP contribution in [0.1, 0.15) is 5.56 Å². The Kier molecular flexibility index (Phi) is 8.83. The van der Waals surface area contributed by atoms with Crippen molar-refractivity contribution in [3.8, 4) is 78.7 Å². The van der Waals surface area contributed by atoms with E-state index in [4.69, 9.17) is 15.0 Å². The molecule has 242 valence electrons. The van der Waals surface area contributed by atoms with Crippen LogP contribution in [-0.2, 0) is 6.42 Å². The molecule has 0 atom stereocenters. The first kappa shape index (κ1) is 31.4. The van der Waals surface area contributed by atoms with E-state index < -0.39 is 0 Å². The second-order valence-electron chi connectivity index (χ2n) is 12.3. The van der Waals surface area contributed by atoms with Crippen LogP contribution in [0.3, 0.4) is 0 Å². The maximum atomic E-state index is 4.89. The highest BCUT2D eigenvalue weighted by Gasteiger charge is 2.14. The van der Waals surface area contributed by atoms with Gasteiger partial charge in [-0.1, -0.05) is 103 Å². The molecule has 0 fully saturated rings. The lowest BCUT2D eigenvalue weighted by Crippen LogP contribution is -2.00. The van der Waals surface area contributed by atoms with Crippen molar-refractivity contribution in [3.05, 3.63) is 189 Å². The predicted molar refractivity (Wildman–Crippen MR) is 207 cm³/mol. The average molecular weight is 656 g/mol. The summed E-state index contributed by atoms with van der Waals surface area (Å²) in [6.07, 6.45) is 9.83. The van der Waals surface area contributed by atoms with Gasteiger partial charge in [0.15, 0.2) is 17.5 Å². The maximum absolute atomic E-state index is 4.89. The van der Waals surface area contributed by atoms with Crippen LogP contribution < -0.4 is 0 Å². The molecule has 5 aromatic carbocycles. The minimum atomic E-state index is 0.561. The lowest BCUT2D eigenvalue weighted by Gasteiger charge is -2.11. The van der Waals surface area contributed by atoms with E-state index in [2.05, 4.69) is 132 Å². The van der Waals surface area contributed by atoms with E-state index in [1.165, 1.54) is 27.8 Å². The molecule has 0 aliphatic rings. The van der Waals surface area contributed by atoms with E-state index in [1.54, 1.807) is 24.8 Å².